The second-order valence-corrected chi connectivity index (χ2v) is 3.94. The fourth-order valence-electron chi connectivity index (χ4n) is 1.80. The van der Waals surface area contributed by atoms with E-state index in [4.69, 9.17) is 5.11 Å². The molecule has 1 aliphatic carbocycles. The van der Waals surface area contributed by atoms with E-state index in [0.29, 0.717) is 12.5 Å². The molecule has 1 nitrogen and oxygen atoms in total. The molecule has 0 aromatic carbocycles. The van der Waals surface area contributed by atoms with Crippen LogP contribution in [0.5, 0.6) is 0 Å². The molecule has 1 fully saturated rings. The lowest BCUT2D eigenvalue weighted by Gasteiger charge is -2.47. The molecule has 11 heavy (non-hydrogen) atoms. The van der Waals surface area contributed by atoms with Gasteiger partial charge in [-0.15, -0.1) is 0 Å². The van der Waals surface area contributed by atoms with Crippen LogP contribution in [0.4, 0.5) is 0 Å². The molecule has 0 amide bonds. The van der Waals surface area contributed by atoms with Crippen LogP contribution in [0.15, 0.2) is 11.6 Å². The lowest BCUT2D eigenvalue weighted by Crippen LogP contribution is -2.39. The number of hydrogen-bond acceptors (Lipinski definition) is 1. The number of hydrogen-bond donors (Lipinski definition) is 1. The molecule has 1 rings (SSSR count). The van der Waals surface area contributed by atoms with E-state index in [9.17, 15) is 0 Å². The van der Waals surface area contributed by atoms with Crippen molar-refractivity contribution in [2.24, 2.45) is 11.3 Å². The zero-order valence-electron chi connectivity index (χ0n) is 7.72. The lowest BCUT2D eigenvalue weighted by molar-refractivity contribution is 0.0844. The molecule has 0 radical (unpaired) electrons. The van der Waals surface area contributed by atoms with Gasteiger partial charge in [-0.2, -0.15) is 0 Å². The minimum Gasteiger partial charge on any atom is -0.396 e. The normalized spacial score (nSPS) is 32.0. The predicted octanol–water partition coefficient (Wildman–Crippen LogP) is 2.36. The maximum Gasteiger partial charge on any atom is 0.0470 e. The average molecular weight is 154 g/mol. The Kier molecular flexibility index (Phi) is 2.38. The standard InChI is InChI=1S/C10H18O/c1-4-5-8-6-9(7-11)10(8,2)3/h5,9,11H,4,6-7H2,1-3H3. The average Bonchev–Trinajstić information content (AvgIpc) is 1.97. The van der Waals surface area contributed by atoms with Crippen LogP contribution in [0.3, 0.4) is 0 Å². The molecule has 1 saturated carbocycles. The van der Waals surface area contributed by atoms with Crippen LogP contribution in [0.1, 0.15) is 33.6 Å². The van der Waals surface area contributed by atoms with Crippen LogP contribution in [0.25, 0.3) is 0 Å². The molecule has 0 saturated heterocycles. The van der Waals surface area contributed by atoms with Gasteiger partial charge in [0.15, 0.2) is 0 Å². The third-order valence-electron chi connectivity index (χ3n) is 2.99. The molecule has 64 valence electrons. The highest BCUT2D eigenvalue weighted by molar-refractivity contribution is 5.24. The zero-order chi connectivity index (χ0) is 8.48. The van der Waals surface area contributed by atoms with Crippen LogP contribution in [0, 0.1) is 11.3 Å². The highest BCUT2D eigenvalue weighted by Gasteiger charge is 2.42. The van der Waals surface area contributed by atoms with Gasteiger partial charge in [-0.25, -0.2) is 0 Å². The summed E-state index contributed by atoms with van der Waals surface area (Å²) in [6.45, 7) is 6.95. The van der Waals surface area contributed by atoms with E-state index >= 15 is 0 Å². The molecule has 0 aromatic rings. The summed E-state index contributed by atoms with van der Waals surface area (Å²) >= 11 is 0. The Morgan fingerprint density at radius 2 is 2.27 bits per heavy atom. The predicted molar refractivity (Wildman–Crippen MR) is 47.3 cm³/mol. The minimum absolute atomic E-state index is 0.269. The van der Waals surface area contributed by atoms with E-state index in [-0.39, 0.29) is 5.41 Å². The monoisotopic (exact) mass is 154 g/mol. The number of aliphatic hydroxyl groups excluding tert-OH is 1. The molecule has 0 bridgehead atoms. The number of allylic oxidation sites excluding steroid dienone is 2. The van der Waals surface area contributed by atoms with Gasteiger partial charge < -0.3 is 5.11 Å². The second-order valence-electron chi connectivity index (χ2n) is 3.94. The third-order valence-corrected chi connectivity index (χ3v) is 2.99. The maximum atomic E-state index is 8.98. The van der Waals surface area contributed by atoms with Crippen molar-refractivity contribution in [3.05, 3.63) is 11.6 Å². The zero-order valence-corrected chi connectivity index (χ0v) is 7.72. The first kappa shape index (κ1) is 8.79. The third kappa shape index (κ3) is 1.34. The number of rotatable bonds is 2. The molecule has 0 aliphatic heterocycles. The quantitative estimate of drug-likeness (QED) is 0.605. The van der Waals surface area contributed by atoms with Crippen LogP contribution in [0.2, 0.25) is 0 Å². The summed E-state index contributed by atoms with van der Waals surface area (Å²) in [5, 5.41) is 8.98. The van der Waals surface area contributed by atoms with Crippen molar-refractivity contribution in [1.29, 1.82) is 0 Å². The summed E-state index contributed by atoms with van der Waals surface area (Å²) in [5.74, 6) is 0.500. The van der Waals surface area contributed by atoms with E-state index in [0.717, 1.165) is 12.8 Å². The molecular weight excluding hydrogens is 136 g/mol. The first-order chi connectivity index (χ1) is 5.12. The van der Waals surface area contributed by atoms with Crippen molar-refractivity contribution in [2.75, 3.05) is 6.61 Å². The van der Waals surface area contributed by atoms with Gasteiger partial charge in [0.25, 0.3) is 0 Å². The van der Waals surface area contributed by atoms with Gasteiger partial charge in [-0.05, 0) is 24.2 Å². The van der Waals surface area contributed by atoms with Crippen LogP contribution in [-0.4, -0.2) is 11.7 Å². The molecule has 1 aliphatic rings. The van der Waals surface area contributed by atoms with Crippen molar-refractivity contribution >= 4 is 0 Å². The van der Waals surface area contributed by atoms with Gasteiger partial charge in [0.1, 0.15) is 0 Å². The summed E-state index contributed by atoms with van der Waals surface area (Å²) in [5.41, 5.74) is 1.80. The minimum atomic E-state index is 0.269. The van der Waals surface area contributed by atoms with Crippen molar-refractivity contribution in [3.8, 4) is 0 Å². The van der Waals surface area contributed by atoms with Gasteiger partial charge in [-0.1, -0.05) is 32.4 Å². The number of aliphatic hydroxyl groups is 1. The molecule has 0 spiro atoms. The largest absolute Gasteiger partial charge is 0.396 e. The van der Waals surface area contributed by atoms with E-state index in [1.165, 1.54) is 5.57 Å². The van der Waals surface area contributed by atoms with Crippen LogP contribution >= 0.6 is 0 Å². The Hall–Kier alpha value is -0.300. The highest BCUT2D eigenvalue weighted by Crippen LogP contribution is 2.50. The van der Waals surface area contributed by atoms with Crippen molar-refractivity contribution in [2.45, 2.75) is 33.6 Å². The Balaban J connectivity index is 2.61. The van der Waals surface area contributed by atoms with E-state index < -0.39 is 0 Å². The van der Waals surface area contributed by atoms with Gasteiger partial charge in [0.05, 0.1) is 0 Å². The Morgan fingerprint density at radius 3 is 2.64 bits per heavy atom. The second kappa shape index (κ2) is 2.98. The molecule has 1 atom stereocenters. The van der Waals surface area contributed by atoms with Crippen molar-refractivity contribution < 1.29 is 5.11 Å². The summed E-state index contributed by atoms with van der Waals surface area (Å²) in [4.78, 5) is 0. The summed E-state index contributed by atoms with van der Waals surface area (Å²) in [6.07, 6.45) is 4.53. The fraction of sp³-hybridized carbons (Fsp3) is 0.800. The Morgan fingerprint density at radius 1 is 1.64 bits per heavy atom. The van der Waals surface area contributed by atoms with Crippen molar-refractivity contribution in [1.82, 2.24) is 0 Å². The van der Waals surface area contributed by atoms with E-state index in [1.54, 1.807) is 0 Å². The molecule has 1 heteroatoms. The first-order valence-corrected chi connectivity index (χ1v) is 4.43. The molecule has 0 aromatic heterocycles. The van der Waals surface area contributed by atoms with Crippen LogP contribution in [-0.2, 0) is 0 Å². The highest BCUT2D eigenvalue weighted by atomic mass is 16.3. The fourth-order valence-corrected chi connectivity index (χ4v) is 1.80. The maximum absolute atomic E-state index is 8.98. The first-order valence-electron chi connectivity index (χ1n) is 4.43. The van der Waals surface area contributed by atoms with E-state index in [2.05, 4.69) is 26.8 Å². The van der Waals surface area contributed by atoms with E-state index in [1.807, 2.05) is 0 Å². The van der Waals surface area contributed by atoms with Crippen LogP contribution < -0.4 is 0 Å². The molecule has 0 heterocycles. The SMILES string of the molecule is CCC=C1CC(CO)C1(C)C. The van der Waals surface area contributed by atoms with Crippen molar-refractivity contribution in [3.63, 3.8) is 0 Å². The van der Waals surface area contributed by atoms with Gasteiger partial charge in [0, 0.05) is 6.61 Å². The smallest absolute Gasteiger partial charge is 0.0470 e. The summed E-state index contributed by atoms with van der Waals surface area (Å²) < 4.78 is 0. The van der Waals surface area contributed by atoms with Gasteiger partial charge >= 0.3 is 0 Å². The van der Waals surface area contributed by atoms with Gasteiger partial charge in [0.2, 0.25) is 0 Å². The van der Waals surface area contributed by atoms with Gasteiger partial charge in [-0.3, -0.25) is 0 Å². The molecular formula is C10H18O. The topological polar surface area (TPSA) is 20.2 Å². The molecule has 1 N–H and O–H groups in total. The molecule has 1 unspecified atom stereocenters. The Labute approximate surface area is 69.1 Å². The summed E-state index contributed by atoms with van der Waals surface area (Å²) in [6, 6.07) is 0. The Bertz CT molecular complexity index is 168. The lowest BCUT2D eigenvalue weighted by atomic mass is 9.59. The summed E-state index contributed by atoms with van der Waals surface area (Å²) in [7, 11) is 0.